The number of carboxylic acids is 1. The molecule has 2 rings (SSSR count). The molecule has 1 atom stereocenters. The molecular formula is C17H20BrNO3. The Balaban J connectivity index is 1.96. The minimum absolute atomic E-state index is 0.414. The van der Waals surface area contributed by atoms with Crippen molar-refractivity contribution in [3.8, 4) is 11.3 Å². The SMILES string of the molecule is CCCCC(NCc1ccc(-c2ccc(Br)cc2)o1)C(=O)O. The van der Waals surface area contributed by atoms with Gasteiger partial charge in [0.25, 0.3) is 0 Å². The molecular weight excluding hydrogens is 346 g/mol. The zero-order chi connectivity index (χ0) is 15.9. The molecule has 4 nitrogen and oxygen atoms in total. The van der Waals surface area contributed by atoms with E-state index in [0.717, 1.165) is 34.4 Å². The molecule has 0 aliphatic heterocycles. The van der Waals surface area contributed by atoms with Crippen molar-refractivity contribution in [2.45, 2.75) is 38.8 Å². The Morgan fingerprint density at radius 1 is 1.27 bits per heavy atom. The number of nitrogens with one attached hydrogen (secondary N) is 1. The molecule has 2 N–H and O–H groups in total. The van der Waals surface area contributed by atoms with Crippen molar-refractivity contribution in [3.05, 3.63) is 46.6 Å². The average molecular weight is 366 g/mol. The van der Waals surface area contributed by atoms with Gasteiger partial charge in [0.2, 0.25) is 0 Å². The van der Waals surface area contributed by atoms with E-state index in [2.05, 4.69) is 28.2 Å². The van der Waals surface area contributed by atoms with Crippen molar-refractivity contribution in [2.24, 2.45) is 0 Å². The topological polar surface area (TPSA) is 62.5 Å². The van der Waals surface area contributed by atoms with Crippen molar-refractivity contribution in [1.82, 2.24) is 5.32 Å². The van der Waals surface area contributed by atoms with E-state index in [-0.39, 0.29) is 0 Å². The lowest BCUT2D eigenvalue weighted by Crippen LogP contribution is -2.36. The van der Waals surface area contributed by atoms with Crippen LogP contribution in [0.2, 0.25) is 0 Å². The zero-order valence-corrected chi connectivity index (χ0v) is 14.1. The van der Waals surface area contributed by atoms with Crippen molar-refractivity contribution in [3.63, 3.8) is 0 Å². The summed E-state index contributed by atoms with van der Waals surface area (Å²) in [7, 11) is 0. The summed E-state index contributed by atoms with van der Waals surface area (Å²) < 4.78 is 6.79. The van der Waals surface area contributed by atoms with Crippen LogP contribution < -0.4 is 5.32 Å². The second-order valence-corrected chi connectivity index (χ2v) is 6.10. The first-order valence-corrected chi connectivity index (χ1v) is 8.20. The van der Waals surface area contributed by atoms with Gasteiger partial charge in [-0.1, -0.05) is 47.8 Å². The number of aliphatic carboxylic acids is 1. The van der Waals surface area contributed by atoms with E-state index in [4.69, 9.17) is 4.42 Å². The fraction of sp³-hybridized carbons (Fsp3) is 0.353. The molecule has 0 bridgehead atoms. The van der Waals surface area contributed by atoms with Gasteiger partial charge in [0, 0.05) is 10.0 Å². The highest BCUT2D eigenvalue weighted by molar-refractivity contribution is 9.10. The van der Waals surface area contributed by atoms with Gasteiger partial charge < -0.3 is 9.52 Å². The molecule has 0 amide bonds. The van der Waals surface area contributed by atoms with Gasteiger partial charge >= 0.3 is 5.97 Å². The Hall–Kier alpha value is -1.59. The first kappa shape index (κ1) is 16.8. The van der Waals surface area contributed by atoms with Crippen LogP contribution in [0.25, 0.3) is 11.3 Å². The molecule has 0 aliphatic carbocycles. The molecule has 0 saturated carbocycles. The number of unbranched alkanes of at least 4 members (excludes halogenated alkanes) is 1. The highest BCUT2D eigenvalue weighted by Crippen LogP contribution is 2.24. The van der Waals surface area contributed by atoms with Crippen molar-refractivity contribution >= 4 is 21.9 Å². The first-order valence-electron chi connectivity index (χ1n) is 7.41. The van der Waals surface area contributed by atoms with Gasteiger partial charge in [-0.25, -0.2) is 0 Å². The summed E-state index contributed by atoms with van der Waals surface area (Å²) in [5, 5.41) is 12.2. The van der Waals surface area contributed by atoms with Crippen LogP contribution in [0.15, 0.2) is 45.3 Å². The van der Waals surface area contributed by atoms with Crippen LogP contribution in [-0.4, -0.2) is 17.1 Å². The Bertz CT molecular complexity index is 607. The predicted molar refractivity (Wildman–Crippen MR) is 89.6 cm³/mol. The van der Waals surface area contributed by atoms with Crippen molar-refractivity contribution in [1.29, 1.82) is 0 Å². The van der Waals surface area contributed by atoms with E-state index in [9.17, 15) is 9.90 Å². The van der Waals surface area contributed by atoms with Crippen molar-refractivity contribution in [2.75, 3.05) is 0 Å². The quantitative estimate of drug-likeness (QED) is 0.725. The van der Waals surface area contributed by atoms with E-state index in [1.165, 1.54) is 0 Å². The summed E-state index contributed by atoms with van der Waals surface area (Å²) in [6, 6.07) is 11.1. The Morgan fingerprint density at radius 2 is 2.00 bits per heavy atom. The summed E-state index contributed by atoms with van der Waals surface area (Å²) in [5.74, 6) is 0.707. The fourth-order valence-electron chi connectivity index (χ4n) is 2.19. The van der Waals surface area contributed by atoms with Gasteiger partial charge in [-0.15, -0.1) is 0 Å². The van der Waals surface area contributed by atoms with E-state index < -0.39 is 12.0 Å². The zero-order valence-electron chi connectivity index (χ0n) is 12.5. The van der Waals surface area contributed by atoms with E-state index in [0.29, 0.717) is 13.0 Å². The maximum absolute atomic E-state index is 11.2. The molecule has 22 heavy (non-hydrogen) atoms. The molecule has 5 heteroatoms. The lowest BCUT2D eigenvalue weighted by Gasteiger charge is -2.12. The number of carbonyl (C=O) groups is 1. The van der Waals surface area contributed by atoms with Gasteiger partial charge in [-0.3, -0.25) is 10.1 Å². The average Bonchev–Trinajstić information content (AvgIpc) is 2.96. The molecule has 0 aliphatic rings. The smallest absolute Gasteiger partial charge is 0.320 e. The number of hydrogen-bond acceptors (Lipinski definition) is 3. The normalized spacial score (nSPS) is 12.3. The predicted octanol–water partition coefficient (Wildman–Crippen LogP) is 4.44. The fourth-order valence-corrected chi connectivity index (χ4v) is 2.45. The van der Waals surface area contributed by atoms with E-state index >= 15 is 0 Å². The third kappa shape index (κ3) is 4.71. The number of benzene rings is 1. The maximum Gasteiger partial charge on any atom is 0.320 e. The molecule has 0 radical (unpaired) electrons. The molecule has 0 fully saturated rings. The van der Waals surface area contributed by atoms with Gasteiger partial charge in [0.1, 0.15) is 17.6 Å². The Morgan fingerprint density at radius 3 is 2.64 bits per heavy atom. The van der Waals surface area contributed by atoms with E-state index in [1.54, 1.807) is 0 Å². The number of hydrogen-bond donors (Lipinski definition) is 2. The van der Waals surface area contributed by atoms with Gasteiger partial charge in [-0.05, 0) is 30.7 Å². The molecule has 2 aromatic rings. The number of halogens is 1. The lowest BCUT2D eigenvalue weighted by atomic mass is 10.1. The molecule has 1 unspecified atom stereocenters. The van der Waals surface area contributed by atoms with Crippen molar-refractivity contribution < 1.29 is 14.3 Å². The summed E-state index contributed by atoms with van der Waals surface area (Å²) in [6.07, 6.45) is 2.51. The number of furan rings is 1. The Labute approximate surface area is 138 Å². The maximum atomic E-state index is 11.2. The van der Waals surface area contributed by atoms with Crippen LogP contribution in [-0.2, 0) is 11.3 Å². The van der Waals surface area contributed by atoms with E-state index in [1.807, 2.05) is 36.4 Å². The van der Waals surface area contributed by atoms with Crippen LogP contribution in [0.3, 0.4) is 0 Å². The number of carboxylic acid groups (broad SMARTS) is 1. The van der Waals surface area contributed by atoms with Crippen LogP contribution >= 0.6 is 15.9 Å². The van der Waals surface area contributed by atoms with Crippen LogP contribution in [0.1, 0.15) is 31.9 Å². The highest BCUT2D eigenvalue weighted by atomic mass is 79.9. The standard InChI is InChI=1S/C17H20BrNO3/c1-2-3-4-15(17(20)21)19-11-14-9-10-16(22-14)12-5-7-13(18)8-6-12/h5-10,15,19H,2-4,11H2,1H3,(H,20,21). The monoisotopic (exact) mass is 365 g/mol. The third-order valence-corrected chi connectivity index (χ3v) is 3.99. The van der Waals surface area contributed by atoms with Crippen LogP contribution in [0.4, 0.5) is 0 Å². The molecule has 1 heterocycles. The Kier molecular flexibility index (Phi) is 6.21. The molecule has 118 valence electrons. The summed E-state index contributed by atoms with van der Waals surface area (Å²) in [5.41, 5.74) is 0.996. The van der Waals surface area contributed by atoms with Gasteiger partial charge in [0.05, 0.1) is 6.54 Å². The molecule has 1 aromatic heterocycles. The summed E-state index contributed by atoms with van der Waals surface area (Å²) in [6.45, 7) is 2.47. The summed E-state index contributed by atoms with van der Waals surface area (Å²) >= 11 is 3.40. The second-order valence-electron chi connectivity index (χ2n) is 5.19. The lowest BCUT2D eigenvalue weighted by molar-refractivity contribution is -0.139. The first-order chi connectivity index (χ1) is 10.6. The molecule has 0 spiro atoms. The minimum atomic E-state index is -0.812. The highest BCUT2D eigenvalue weighted by Gasteiger charge is 2.16. The van der Waals surface area contributed by atoms with Gasteiger partial charge in [0.15, 0.2) is 0 Å². The molecule has 1 aromatic carbocycles. The summed E-state index contributed by atoms with van der Waals surface area (Å²) in [4.78, 5) is 11.2. The minimum Gasteiger partial charge on any atom is -0.480 e. The third-order valence-electron chi connectivity index (χ3n) is 3.46. The second kappa shape index (κ2) is 8.15. The van der Waals surface area contributed by atoms with Crippen LogP contribution in [0.5, 0.6) is 0 Å². The molecule has 0 saturated heterocycles. The number of rotatable bonds is 8. The van der Waals surface area contributed by atoms with Crippen LogP contribution in [0, 0.1) is 0 Å². The van der Waals surface area contributed by atoms with Gasteiger partial charge in [-0.2, -0.15) is 0 Å². The largest absolute Gasteiger partial charge is 0.480 e.